The first-order valence-electron chi connectivity index (χ1n) is 6.23. The predicted molar refractivity (Wildman–Crippen MR) is 76.9 cm³/mol. The third-order valence-electron chi connectivity index (χ3n) is 2.94. The van der Waals surface area contributed by atoms with Crippen molar-refractivity contribution >= 4 is 34.8 Å². The molecule has 1 aromatic rings. The van der Waals surface area contributed by atoms with Crippen molar-refractivity contribution in [3.05, 3.63) is 28.2 Å². The van der Waals surface area contributed by atoms with E-state index in [0.29, 0.717) is 22.3 Å². The Bertz CT molecular complexity index is 428. The molecule has 1 unspecified atom stereocenters. The molecule has 1 amide bonds. The minimum absolute atomic E-state index is 0.105. The minimum atomic E-state index is -0.105. The second kappa shape index (κ2) is 6.98. The third kappa shape index (κ3) is 4.27. The summed E-state index contributed by atoms with van der Waals surface area (Å²) in [5.74, 6) is -0.105. The molecular weight excluding hydrogens is 287 g/mol. The van der Waals surface area contributed by atoms with E-state index in [2.05, 4.69) is 10.6 Å². The Morgan fingerprint density at radius 3 is 2.74 bits per heavy atom. The van der Waals surface area contributed by atoms with E-state index >= 15 is 0 Å². The number of carbonyl (C=O) groups is 1. The van der Waals surface area contributed by atoms with Crippen molar-refractivity contribution in [2.24, 2.45) is 0 Å². The molecule has 1 aliphatic rings. The van der Waals surface area contributed by atoms with Gasteiger partial charge in [0.15, 0.2) is 0 Å². The molecule has 2 rings (SSSR count). The number of halogens is 2. The molecule has 0 saturated carbocycles. The number of para-hydroxylation sites is 1. The molecule has 19 heavy (non-hydrogen) atoms. The van der Waals surface area contributed by atoms with E-state index in [1.807, 2.05) is 0 Å². The molecule has 0 spiro atoms. The Kier molecular flexibility index (Phi) is 5.31. The van der Waals surface area contributed by atoms with Gasteiger partial charge < -0.3 is 15.4 Å². The number of rotatable bonds is 5. The second-order valence-corrected chi connectivity index (χ2v) is 5.20. The smallest absolute Gasteiger partial charge is 0.239 e. The molecule has 4 nitrogen and oxygen atoms in total. The molecule has 104 valence electrons. The van der Waals surface area contributed by atoms with E-state index in [9.17, 15) is 4.79 Å². The van der Waals surface area contributed by atoms with Gasteiger partial charge in [0.05, 0.1) is 28.4 Å². The Balaban J connectivity index is 1.76. The van der Waals surface area contributed by atoms with Gasteiger partial charge in [0.1, 0.15) is 0 Å². The van der Waals surface area contributed by atoms with Crippen molar-refractivity contribution in [2.45, 2.75) is 18.9 Å². The second-order valence-electron chi connectivity index (χ2n) is 4.39. The fourth-order valence-corrected chi connectivity index (χ4v) is 2.46. The first kappa shape index (κ1) is 14.4. The number of benzene rings is 1. The lowest BCUT2D eigenvalue weighted by molar-refractivity contribution is -0.119. The summed E-state index contributed by atoms with van der Waals surface area (Å²) in [5.41, 5.74) is 0.582. The van der Waals surface area contributed by atoms with Crippen LogP contribution in [0.1, 0.15) is 12.8 Å². The van der Waals surface area contributed by atoms with E-state index < -0.39 is 0 Å². The summed E-state index contributed by atoms with van der Waals surface area (Å²) >= 11 is 12.0. The summed E-state index contributed by atoms with van der Waals surface area (Å²) in [6, 6.07) is 5.20. The highest BCUT2D eigenvalue weighted by Gasteiger charge is 2.16. The molecule has 2 N–H and O–H groups in total. The number of nitrogens with one attached hydrogen (secondary N) is 2. The van der Waals surface area contributed by atoms with Crippen LogP contribution in [0.3, 0.4) is 0 Å². The maximum absolute atomic E-state index is 11.7. The SMILES string of the molecule is O=C(CNc1c(Cl)cccc1Cl)NCC1CCCO1. The minimum Gasteiger partial charge on any atom is -0.376 e. The van der Waals surface area contributed by atoms with Crippen LogP contribution in [-0.4, -0.2) is 31.7 Å². The summed E-state index contributed by atoms with van der Waals surface area (Å²) in [6.07, 6.45) is 2.21. The monoisotopic (exact) mass is 302 g/mol. The molecule has 1 aliphatic heterocycles. The van der Waals surface area contributed by atoms with Crippen LogP contribution < -0.4 is 10.6 Å². The molecule has 1 atom stereocenters. The maximum Gasteiger partial charge on any atom is 0.239 e. The Labute approximate surface area is 122 Å². The lowest BCUT2D eigenvalue weighted by atomic mass is 10.2. The van der Waals surface area contributed by atoms with Crippen molar-refractivity contribution in [1.82, 2.24) is 5.32 Å². The van der Waals surface area contributed by atoms with Crippen LogP contribution in [0.4, 0.5) is 5.69 Å². The highest BCUT2D eigenvalue weighted by Crippen LogP contribution is 2.29. The van der Waals surface area contributed by atoms with Crippen LogP contribution in [-0.2, 0) is 9.53 Å². The van der Waals surface area contributed by atoms with Gasteiger partial charge in [0, 0.05) is 13.2 Å². The fourth-order valence-electron chi connectivity index (χ4n) is 1.93. The quantitative estimate of drug-likeness (QED) is 0.879. The molecule has 1 heterocycles. The highest BCUT2D eigenvalue weighted by molar-refractivity contribution is 6.39. The van der Waals surface area contributed by atoms with Gasteiger partial charge >= 0.3 is 0 Å². The summed E-state index contributed by atoms with van der Waals surface area (Å²) in [4.78, 5) is 11.7. The van der Waals surface area contributed by atoms with Crippen molar-refractivity contribution < 1.29 is 9.53 Å². The maximum atomic E-state index is 11.7. The zero-order chi connectivity index (χ0) is 13.7. The molecule has 1 saturated heterocycles. The number of hydrogen-bond acceptors (Lipinski definition) is 3. The number of amides is 1. The van der Waals surface area contributed by atoms with Crippen molar-refractivity contribution in [3.63, 3.8) is 0 Å². The summed E-state index contributed by atoms with van der Waals surface area (Å²) in [7, 11) is 0. The van der Waals surface area contributed by atoms with Crippen molar-refractivity contribution in [3.8, 4) is 0 Å². The molecule has 1 aromatic carbocycles. The van der Waals surface area contributed by atoms with E-state index in [0.717, 1.165) is 19.4 Å². The number of ether oxygens (including phenoxy) is 1. The average Bonchev–Trinajstić information content (AvgIpc) is 2.89. The van der Waals surface area contributed by atoms with Gasteiger partial charge in [-0.2, -0.15) is 0 Å². The molecule has 1 fully saturated rings. The van der Waals surface area contributed by atoms with Crippen LogP contribution >= 0.6 is 23.2 Å². The van der Waals surface area contributed by atoms with Crippen molar-refractivity contribution in [2.75, 3.05) is 25.0 Å². The van der Waals surface area contributed by atoms with Crippen LogP contribution in [0.25, 0.3) is 0 Å². The Morgan fingerprint density at radius 2 is 2.11 bits per heavy atom. The predicted octanol–water partition coefficient (Wildman–Crippen LogP) is 2.70. The summed E-state index contributed by atoms with van der Waals surface area (Å²) in [6.45, 7) is 1.47. The van der Waals surface area contributed by atoms with Crippen LogP contribution in [0, 0.1) is 0 Å². The zero-order valence-electron chi connectivity index (χ0n) is 10.4. The molecule has 0 bridgehead atoms. The number of hydrogen-bond donors (Lipinski definition) is 2. The van der Waals surface area contributed by atoms with Crippen LogP contribution in [0.15, 0.2) is 18.2 Å². The highest BCUT2D eigenvalue weighted by atomic mass is 35.5. The van der Waals surface area contributed by atoms with Gasteiger partial charge in [-0.15, -0.1) is 0 Å². The van der Waals surface area contributed by atoms with E-state index in [1.165, 1.54) is 0 Å². The molecule has 0 radical (unpaired) electrons. The number of carbonyl (C=O) groups excluding carboxylic acids is 1. The fraction of sp³-hybridized carbons (Fsp3) is 0.462. The Morgan fingerprint density at radius 1 is 1.37 bits per heavy atom. The topological polar surface area (TPSA) is 50.4 Å². The first-order chi connectivity index (χ1) is 9.16. The average molecular weight is 303 g/mol. The molecule has 0 aliphatic carbocycles. The Hall–Kier alpha value is -0.970. The van der Waals surface area contributed by atoms with Crippen LogP contribution in [0.5, 0.6) is 0 Å². The molecule has 0 aromatic heterocycles. The van der Waals surface area contributed by atoms with E-state index in [1.54, 1.807) is 18.2 Å². The van der Waals surface area contributed by atoms with Crippen molar-refractivity contribution in [1.29, 1.82) is 0 Å². The third-order valence-corrected chi connectivity index (χ3v) is 3.57. The molecular formula is C13H16Cl2N2O2. The lowest BCUT2D eigenvalue weighted by Gasteiger charge is -2.13. The van der Waals surface area contributed by atoms with E-state index in [-0.39, 0.29) is 18.6 Å². The lowest BCUT2D eigenvalue weighted by Crippen LogP contribution is -2.35. The van der Waals surface area contributed by atoms with Gasteiger partial charge in [-0.25, -0.2) is 0 Å². The summed E-state index contributed by atoms with van der Waals surface area (Å²) in [5, 5.41) is 6.76. The standard InChI is InChI=1S/C13H16Cl2N2O2/c14-10-4-1-5-11(15)13(10)17-8-12(18)16-7-9-3-2-6-19-9/h1,4-5,9,17H,2-3,6-8H2,(H,16,18). The van der Waals surface area contributed by atoms with Gasteiger partial charge in [-0.1, -0.05) is 29.3 Å². The number of anilines is 1. The normalized spacial score (nSPS) is 18.3. The van der Waals surface area contributed by atoms with Gasteiger partial charge in [-0.05, 0) is 25.0 Å². The van der Waals surface area contributed by atoms with E-state index in [4.69, 9.17) is 27.9 Å². The largest absolute Gasteiger partial charge is 0.376 e. The molecule has 6 heteroatoms. The van der Waals surface area contributed by atoms with Gasteiger partial charge in [0.25, 0.3) is 0 Å². The summed E-state index contributed by atoms with van der Waals surface area (Å²) < 4.78 is 5.43. The first-order valence-corrected chi connectivity index (χ1v) is 6.98. The van der Waals surface area contributed by atoms with Gasteiger partial charge in [0.2, 0.25) is 5.91 Å². The van der Waals surface area contributed by atoms with Gasteiger partial charge in [-0.3, -0.25) is 4.79 Å². The van der Waals surface area contributed by atoms with Crippen LogP contribution in [0.2, 0.25) is 10.0 Å². The zero-order valence-corrected chi connectivity index (χ0v) is 11.9.